The molecule has 0 aliphatic carbocycles. The van der Waals surface area contributed by atoms with E-state index in [1.807, 2.05) is 34.6 Å². The lowest BCUT2D eigenvalue weighted by Gasteiger charge is -2.07. The van der Waals surface area contributed by atoms with Crippen LogP contribution in [-0.2, 0) is 19.2 Å². The van der Waals surface area contributed by atoms with E-state index in [9.17, 15) is 19.2 Å². The third-order valence-electron chi connectivity index (χ3n) is 2.21. The van der Waals surface area contributed by atoms with Gasteiger partial charge < -0.3 is 16.0 Å². The predicted octanol–water partition coefficient (Wildman–Crippen LogP) is 1.12. The first kappa shape index (κ1) is 27.3. The van der Waals surface area contributed by atoms with Crippen LogP contribution in [0.2, 0.25) is 0 Å². The lowest BCUT2D eigenvalue weighted by molar-refractivity contribution is -0.128. The minimum absolute atomic E-state index is 0.0316. The summed E-state index contributed by atoms with van der Waals surface area (Å²) >= 11 is 1.46. The number of hydrogen-bond donors (Lipinski definition) is 3. The first-order chi connectivity index (χ1) is 11.5. The van der Waals surface area contributed by atoms with E-state index >= 15 is 0 Å². The third kappa shape index (κ3) is 20.4. The molecule has 0 fully saturated rings. The number of thioether (sulfide) groups is 1. The van der Waals surface area contributed by atoms with Crippen molar-refractivity contribution >= 4 is 35.3 Å². The molecule has 3 amide bonds. The Balaban J connectivity index is -0.00000102. The van der Waals surface area contributed by atoms with Crippen LogP contribution in [0.3, 0.4) is 0 Å². The van der Waals surface area contributed by atoms with Crippen LogP contribution in [0.5, 0.6) is 0 Å². The van der Waals surface area contributed by atoms with Gasteiger partial charge in [0.05, 0.1) is 25.4 Å². The van der Waals surface area contributed by atoms with Gasteiger partial charge in [-0.3, -0.25) is 19.2 Å². The molecule has 0 bridgehead atoms. The Morgan fingerprint density at radius 3 is 1.54 bits per heavy atom. The van der Waals surface area contributed by atoms with Gasteiger partial charge in [-0.05, 0) is 5.75 Å². The smallest absolute Gasteiger partial charge is 0.239 e. The lowest BCUT2D eigenvalue weighted by Crippen LogP contribution is -2.43. The molecule has 0 aliphatic rings. The summed E-state index contributed by atoms with van der Waals surface area (Å²) in [6.07, 6.45) is 0.356. The van der Waals surface area contributed by atoms with Crippen molar-refractivity contribution in [3.63, 3.8) is 0 Å². The molecular formula is C16H33N3O4S. The molecule has 142 valence electrons. The SMILES string of the molecule is CC.CC.CCSCC(=O)NCC(=O)NCC(=O)NCC(=O)CC. The summed E-state index contributed by atoms with van der Waals surface area (Å²) in [6, 6.07) is 0. The second-order valence-electron chi connectivity index (χ2n) is 3.86. The van der Waals surface area contributed by atoms with Gasteiger partial charge in [0.15, 0.2) is 5.78 Å². The van der Waals surface area contributed by atoms with Gasteiger partial charge in [-0.2, -0.15) is 11.8 Å². The standard InChI is InChI=1S/C12H21N3O4S.2C2H6/c1-3-9(16)5-13-10(17)6-14-11(18)7-15-12(19)8-20-4-2;2*1-2/h3-8H2,1-2H3,(H,13,17)(H,14,18)(H,15,19);2*1-2H3. The number of nitrogens with one attached hydrogen (secondary N) is 3. The van der Waals surface area contributed by atoms with Gasteiger partial charge >= 0.3 is 0 Å². The Hall–Kier alpha value is -1.57. The van der Waals surface area contributed by atoms with Crippen molar-refractivity contribution in [2.75, 3.05) is 31.1 Å². The molecule has 0 aromatic rings. The molecule has 7 nitrogen and oxygen atoms in total. The summed E-state index contributed by atoms with van der Waals surface area (Å²) in [5, 5.41) is 7.18. The van der Waals surface area contributed by atoms with Crippen LogP contribution < -0.4 is 16.0 Å². The van der Waals surface area contributed by atoms with Gasteiger partial charge in [0.25, 0.3) is 0 Å². The molecule has 0 spiro atoms. The third-order valence-corrected chi connectivity index (χ3v) is 3.08. The maximum absolute atomic E-state index is 11.3. The average molecular weight is 364 g/mol. The van der Waals surface area contributed by atoms with E-state index < -0.39 is 11.8 Å². The minimum Gasteiger partial charge on any atom is -0.347 e. The minimum atomic E-state index is -0.447. The van der Waals surface area contributed by atoms with E-state index in [-0.39, 0.29) is 31.3 Å². The van der Waals surface area contributed by atoms with Gasteiger partial charge in [0.2, 0.25) is 17.7 Å². The van der Waals surface area contributed by atoms with E-state index in [2.05, 4.69) is 16.0 Å². The average Bonchev–Trinajstić information content (AvgIpc) is 2.63. The second-order valence-corrected chi connectivity index (χ2v) is 5.13. The topological polar surface area (TPSA) is 104 Å². The van der Waals surface area contributed by atoms with Crippen molar-refractivity contribution in [3.05, 3.63) is 0 Å². The highest BCUT2D eigenvalue weighted by atomic mass is 32.2. The monoisotopic (exact) mass is 363 g/mol. The quantitative estimate of drug-likeness (QED) is 0.539. The van der Waals surface area contributed by atoms with Gasteiger partial charge in [0.1, 0.15) is 0 Å². The number of ketones is 1. The Morgan fingerprint density at radius 2 is 1.12 bits per heavy atom. The highest BCUT2D eigenvalue weighted by molar-refractivity contribution is 7.99. The van der Waals surface area contributed by atoms with Crippen LogP contribution in [0.1, 0.15) is 48.0 Å². The molecule has 0 unspecified atom stereocenters. The van der Waals surface area contributed by atoms with E-state index in [1.165, 1.54) is 11.8 Å². The zero-order chi connectivity index (χ0) is 19.4. The zero-order valence-electron chi connectivity index (χ0n) is 15.8. The maximum atomic E-state index is 11.3. The summed E-state index contributed by atoms with van der Waals surface area (Å²) < 4.78 is 0. The molecule has 0 saturated heterocycles. The van der Waals surface area contributed by atoms with E-state index in [1.54, 1.807) is 6.92 Å². The van der Waals surface area contributed by atoms with Gasteiger partial charge in [-0.15, -0.1) is 0 Å². The van der Waals surface area contributed by atoms with Crippen LogP contribution in [0.25, 0.3) is 0 Å². The predicted molar refractivity (Wildman–Crippen MR) is 100 cm³/mol. The van der Waals surface area contributed by atoms with Crippen LogP contribution in [-0.4, -0.2) is 54.6 Å². The van der Waals surface area contributed by atoms with Crippen molar-refractivity contribution in [3.8, 4) is 0 Å². The van der Waals surface area contributed by atoms with Crippen molar-refractivity contribution in [1.82, 2.24) is 16.0 Å². The molecule has 0 aromatic heterocycles. The van der Waals surface area contributed by atoms with Crippen LogP contribution in [0, 0.1) is 0 Å². The number of hydrogen-bond acceptors (Lipinski definition) is 5. The summed E-state index contributed by atoms with van der Waals surface area (Å²) in [6.45, 7) is 11.2. The molecule has 0 rings (SSSR count). The van der Waals surface area contributed by atoms with Gasteiger partial charge in [0, 0.05) is 6.42 Å². The van der Waals surface area contributed by atoms with Gasteiger partial charge in [-0.25, -0.2) is 0 Å². The van der Waals surface area contributed by atoms with E-state index in [0.717, 1.165) is 5.75 Å². The Bertz CT molecular complexity index is 363. The molecule has 0 saturated carbocycles. The molecular weight excluding hydrogens is 330 g/mol. The lowest BCUT2D eigenvalue weighted by atomic mass is 10.3. The highest BCUT2D eigenvalue weighted by Gasteiger charge is 2.08. The fourth-order valence-corrected chi connectivity index (χ4v) is 1.54. The van der Waals surface area contributed by atoms with Crippen LogP contribution >= 0.6 is 11.8 Å². The first-order valence-corrected chi connectivity index (χ1v) is 9.54. The Kier molecular flexibility index (Phi) is 24.4. The Morgan fingerprint density at radius 1 is 0.708 bits per heavy atom. The molecule has 24 heavy (non-hydrogen) atoms. The van der Waals surface area contributed by atoms with Crippen molar-refractivity contribution in [1.29, 1.82) is 0 Å². The first-order valence-electron chi connectivity index (χ1n) is 8.39. The summed E-state index contributed by atoms with van der Waals surface area (Å²) in [7, 11) is 0. The maximum Gasteiger partial charge on any atom is 0.239 e. The van der Waals surface area contributed by atoms with E-state index in [4.69, 9.17) is 0 Å². The Labute approximate surface area is 150 Å². The number of carbonyl (C=O) groups is 4. The van der Waals surface area contributed by atoms with Crippen molar-refractivity contribution < 1.29 is 19.2 Å². The van der Waals surface area contributed by atoms with Crippen molar-refractivity contribution in [2.45, 2.75) is 48.0 Å². The van der Waals surface area contributed by atoms with Crippen molar-refractivity contribution in [2.24, 2.45) is 0 Å². The fraction of sp³-hybridized carbons (Fsp3) is 0.750. The molecule has 0 atom stereocenters. The molecule has 0 heterocycles. The molecule has 0 aromatic carbocycles. The second kappa shape index (κ2) is 21.4. The largest absolute Gasteiger partial charge is 0.347 e. The zero-order valence-corrected chi connectivity index (χ0v) is 16.6. The summed E-state index contributed by atoms with van der Waals surface area (Å²) in [5.41, 5.74) is 0. The molecule has 0 aliphatic heterocycles. The number of carbonyl (C=O) groups excluding carboxylic acids is 4. The number of amides is 3. The number of rotatable bonds is 10. The molecule has 0 radical (unpaired) electrons. The molecule has 3 N–H and O–H groups in total. The number of Topliss-reactive ketones (excluding diaryl/α,β-unsaturated/α-hetero) is 1. The van der Waals surface area contributed by atoms with Crippen LogP contribution in [0.15, 0.2) is 0 Å². The molecule has 8 heteroatoms. The fourth-order valence-electron chi connectivity index (χ4n) is 1.05. The summed E-state index contributed by atoms with van der Waals surface area (Å²) in [4.78, 5) is 44.8. The highest BCUT2D eigenvalue weighted by Crippen LogP contribution is 1.95. The van der Waals surface area contributed by atoms with Gasteiger partial charge in [-0.1, -0.05) is 41.5 Å². The summed E-state index contributed by atoms with van der Waals surface area (Å²) in [5.74, 6) is -0.0418. The van der Waals surface area contributed by atoms with Crippen LogP contribution in [0.4, 0.5) is 0 Å². The normalized spacial score (nSPS) is 8.58. The van der Waals surface area contributed by atoms with E-state index in [0.29, 0.717) is 12.2 Å².